The fourth-order valence-electron chi connectivity index (χ4n) is 4.44. The molecule has 0 aromatic carbocycles. The van der Waals surface area contributed by atoms with E-state index in [2.05, 4.69) is 9.88 Å². The zero-order valence-corrected chi connectivity index (χ0v) is 15.1. The second-order valence-corrected chi connectivity index (χ2v) is 8.09. The van der Waals surface area contributed by atoms with Crippen LogP contribution in [0.5, 0.6) is 0 Å². The highest BCUT2D eigenvalue weighted by molar-refractivity contribution is 5.94. The number of piperidine rings is 1. The number of aromatic nitrogens is 2. The van der Waals surface area contributed by atoms with Crippen LogP contribution in [-0.2, 0) is 4.79 Å². The van der Waals surface area contributed by atoms with Gasteiger partial charge in [-0.1, -0.05) is 6.07 Å². The number of fused-ring (bicyclic) bond motifs is 5. The van der Waals surface area contributed by atoms with Crippen molar-refractivity contribution in [1.82, 2.24) is 19.2 Å². The van der Waals surface area contributed by atoms with E-state index in [1.807, 2.05) is 40.6 Å². The molecular formula is C20H24N4O2. The molecule has 136 valence electrons. The van der Waals surface area contributed by atoms with Crippen molar-refractivity contribution in [2.75, 3.05) is 19.6 Å². The number of pyridine rings is 1. The Morgan fingerprint density at radius 3 is 2.81 bits per heavy atom. The SMILES string of the molecule is Cc1cccc2nc(C(=O)N3C[C@@H]4CC[C@H](C3)N(CC3CC3)C4=O)cn12. The second kappa shape index (κ2) is 5.83. The molecule has 2 aromatic rings. The van der Waals surface area contributed by atoms with Gasteiger partial charge in [-0.15, -0.1) is 0 Å². The van der Waals surface area contributed by atoms with Gasteiger partial charge in [-0.25, -0.2) is 4.98 Å². The van der Waals surface area contributed by atoms with Gasteiger partial charge in [0.05, 0.1) is 5.92 Å². The number of imidazole rings is 1. The van der Waals surface area contributed by atoms with Gasteiger partial charge in [-0.05, 0) is 50.7 Å². The standard InChI is InChI=1S/C20H24N4O2/c1-13-3-2-4-18-21-17(12-23(13)18)20(26)22-10-15-7-8-16(11-22)24(19(15)25)9-14-5-6-14/h2-4,12,14-16H,5-11H2,1H3/t15-,16+/m0/s1. The summed E-state index contributed by atoms with van der Waals surface area (Å²) in [5, 5.41) is 0. The molecule has 2 amide bonds. The summed E-state index contributed by atoms with van der Waals surface area (Å²) in [6.07, 6.45) is 6.22. The van der Waals surface area contributed by atoms with E-state index in [9.17, 15) is 9.59 Å². The van der Waals surface area contributed by atoms with Crippen LogP contribution in [0.4, 0.5) is 0 Å². The Hall–Kier alpha value is -2.37. The largest absolute Gasteiger partial charge is 0.337 e. The number of aryl methyl sites for hydroxylation is 1. The predicted octanol–water partition coefficient (Wildman–Crippen LogP) is 2.12. The topological polar surface area (TPSA) is 57.9 Å². The Bertz CT molecular complexity index is 885. The average molecular weight is 352 g/mol. The summed E-state index contributed by atoms with van der Waals surface area (Å²) >= 11 is 0. The monoisotopic (exact) mass is 352 g/mol. The van der Waals surface area contributed by atoms with Crippen molar-refractivity contribution in [2.24, 2.45) is 11.8 Å². The molecule has 0 spiro atoms. The zero-order chi connectivity index (χ0) is 17.8. The number of nitrogens with zero attached hydrogens (tertiary/aromatic N) is 4. The maximum Gasteiger partial charge on any atom is 0.274 e. The summed E-state index contributed by atoms with van der Waals surface area (Å²) in [5.74, 6) is 0.847. The van der Waals surface area contributed by atoms with Crippen molar-refractivity contribution in [3.05, 3.63) is 35.8 Å². The Morgan fingerprint density at radius 1 is 1.19 bits per heavy atom. The summed E-state index contributed by atoms with van der Waals surface area (Å²) in [7, 11) is 0. The molecular weight excluding hydrogens is 328 g/mol. The fraction of sp³-hybridized carbons (Fsp3) is 0.550. The van der Waals surface area contributed by atoms with Crippen LogP contribution in [0.3, 0.4) is 0 Å². The van der Waals surface area contributed by atoms with E-state index in [1.165, 1.54) is 12.8 Å². The number of amides is 2. The smallest absolute Gasteiger partial charge is 0.274 e. The Morgan fingerprint density at radius 2 is 2.04 bits per heavy atom. The number of rotatable bonds is 3. The lowest BCUT2D eigenvalue weighted by atomic mass is 9.94. The molecule has 2 bridgehead atoms. The first-order valence-corrected chi connectivity index (χ1v) is 9.64. The third kappa shape index (κ3) is 2.59. The highest BCUT2D eigenvalue weighted by atomic mass is 16.2. The summed E-state index contributed by atoms with van der Waals surface area (Å²) in [4.78, 5) is 34.4. The first kappa shape index (κ1) is 15.9. The molecule has 4 fully saturated rings. The van der Waals surface area contributed by atoms with Crippen LogP contribution >= 0.6 is 0 Å². The lowest BCUT2D eigenvalue weighted by Gasteiger charge is -2.36. The normalized spacial score (nSPS) is 25.8. The van der Waals surface area contributed by atoms with Crippen molar-refractivity contribution in [2.45, 2.75) is 38.6 Å². The minimum absolute atomic E-state index is 0.0461. The Labute approximate surface area is 152 Å². The number of carbonyl (C=O) groups excluding carboxylic acids is 2. The Balaban J connectivity index is 1.41. The molecule has 3 saturated heterocycles. The van der Waals surface area contributed by atoms with Crippen LogP contribution in [0.15, 0.2) is 24.4 Å². The van der Waals surface area contributed by atoms with Crippen molar-refractivity contribution in [3.63, 3.8) is 0 Å². The van der Waals surface area contributed by atoms with E-state index in [1.54, 1.807) is 0 Å². The van der Waals surface area contributed by atoms with Gasteiger partial charge < -0.3 is 14.2 Å². The fourth-order valence-corrected chi connectivity index (χ4v) is 4.44. The minimum atomic E-state index is -0.0499. The van der Waals surface area contributed by atoms with E-state index in [4.69, 9.17) is 0 Å². The van der Waals surface area contributed by atoms with E-state index in [-0.39, 0.29) is 23.8 Å². The maximum atomic E-state index is 13.1. The van der Waals surface area contributed by atoms with Gasteiger partial charge in [0.25, 0.3) is 5.91 Å². The van der Waals surface area contributed by atoms with Gasteiger partial charge >= 0.3 is 0 Å². The second-order valence-electron chi connectivity index (χ2n) is 8.09. The van der Waals surface area contributed by atoms with Gasteiger partial charge in [0, 0.05) is 37.6 Å². The molecule has 1 saturated carbocycles. The molecule has 1 aliphatic carbocycles. The van der Waals surface area contributed by atoms with Crippen molar-refractivity contribution >= 4 is 17.5 Å². The van der Waals surface area contributed by atoms with Gasteiger partial charge in [-0.3, -0.25) is 9.59 Å². The first-order chi connectivity index (χ1) is 12.6. The molecule has 6 rings (SSSR count). The lowest BCUT2D eigenvalue weighted by Crippen LogP contribution is -2.48. The minimum Gasteiger partial charge on any atom is -0.337 e. The summed E-state index contributed by atoms with van der Waals surface area (Å²) in [6.45, 7) is 4.06. The molecule has 3 aliphatic heterocycles. The van der Waals surface area contributed by atoms with Crippen LogP contribution in [0, 0.1) is 18.8 Å². The van der Waals surface area contributed by atoms with Gasteiger partial charge in [-0.2, -0.15) is 0 Å². The van der Waals surface area contributed by atoms with Crippen molar-refractivity contribution < 1.29 is 9.59 Å². The summed E-state index contributed by atoms with van der Waals surface area (Å²) < 4.78 is 1.95. The highest BCUT2D eigenvalue weighted by Crippen LogP contribution is 2.35. The molecule has 6 heteroatoms. The van der Waals surface area contributed by atoms with Crippen LogP contribution in [0.25, 0.3) is 5.65 Å². The van der Waals surface area contributed by atoms with Crippen molar-refractivity contribution in [1.29, 1.82) is 0 Å². The predicted molar refractivity (Wildman–Crippen MR) is 96.8 cm³/mol. The first-order valence-electron chi connectivity index (χ1n) is 9.64. The lowest BCUT2D eigenvalue weighted by molar-refractivity contribution is -0.140. The van der Waals surface area contributed by atoms with Crippen LogP contribution in [0.2, 0.25) is 0 Å². The van der Waals surface area contributed by atoms with E-state index in [0.717, 1.165) is 30.7 Å². The molecule has 4 aliphatic rings. The van der Waals surface area contributed by atoms with E-state index in [0.29, 0.717) is 24.7 Å². The van der Waals surface area contributed by atoms with Crippen LogP contribution < -0.4 is 0 Å². The highest BCUT2D eigenvalue weighted by Gasteiger charge is 2.43. The van der Waals surface area contributed by atoms with E-state index >= 15 is 0 Å². The van der Waals surface area contributed by atoms with Gasteiger partial charge in [0.2, 0.25) is 5.91 Å². The molecule has 2 atom stereocenters. The summed E-state index contributed by atoms with van der Waals surface area (Å²) in [5.41, 5.74) is 2.31. The molecule has 0 unspecified atom stereocenters. The quantitative estimate of drug-likeness (QED) is 0.850. The Kier molecular flexibility index (Phi) is 3.55. The molecule has 6 nitrogen and oxygen atoms in total. The molecule has 0 radical (unpaired) electrons. The third-order valence-electron chi connectivity index (χ3n) is 6.15. The molecule has 5 heterocycles. The zero-order valence-electron chi connectivity index (χ0n) is 15.1. The number of hydrogen-bond acceptors (Lipinski definition) is 3. The summed E-state index contributed by atoms with van der Waals surface area (Å²) in [6, 6.07) is 6.04. The number of carbonyl (C=O) groups is 2. The van der Waals surface area contributed by atoms with Gasteiger partial charge in [0.15, 0.2) is 0 Å². The van der Waals surface area contributed by atoms with Crippen LogP contribution in [-0.4, -0.2) is 56.7 Å². The van der Waals surface area contributed by atoms with Gasteiger partial charge in [0.1, 0.15) is 11.3 Å². The maximum absolute atomic E-state index is 13.1. The number of hydrogen-bond donors (Lipinski definition) is 0. The molecule has 2 aromatic heterocycles. The van der Waals surface area contributed by atoms with Crippen LogP contribution in [0.1, 0.15) is 41.9 Å². The molecule has 26 heavy (non-hydrogen) atoms. The van der Waals surface area contributed by atoms with E-state index < -0.39 is 0 Å². The third-order valence-corrected chi connectivity index (χ3v) is 6.15. The molecule has 0 N–H and O–H groups in total. The van der Waals surface area contributed by atoms with Crippen molar-refractivity contribution in [3.8, 4) is 0 Å². The average Bonchev–Trinajstić information content (AvgIpc) is 3.40.